The zero-order valence-electron chi connectivity index (χ0n) is 18.0. The van der Waals surface area contributed by atoms with Crippen molar-refractivity contribution in [2.45, 2.75) is 34.7 Å². The van der Waals surface area contributed by atoms with Crippen LogP contribution in [0.25, 0.3) is 10.8 Å². The summed E-state index contributed by atoms with van der Waals surface area (Å²) in [6.45, 7) is -0.529. The van der Waals surface area contributed by atoms with Crippen LogP contribution in [-0.4, -0.2) is 63.3 Å². The topological polar surface area (TPSA) is 122 Å². The van der Waals surface area contributed by atoms with E-state index >= 15 is 0 Å². The Morgan fingerprint density at radius 1 is 1.03 bits per heavy atom. The quantitative estimate of drug-likeness (QED) is 0.279. The first-order chi connectivity index (χ1) is 16.5. The average Bonchev–Trinajstić information content (AvgIpc) is 2.85. The highest BCUT2D eigenvalue weighted by atomic mass is 32.2. The Hall–Kier alpha value is -2.97. The molecule has 0 radical (unpaired) electrons. The lowest BCUT2D eigenvalue weighted by atomic mass is 10.00. The fraction of sp³-hybridized carbons (Fsp3) is 0.280. The fourth-order valence-corrected chi connectivity index (χ4v) is 4.77. The lowest BCUT2D eigenvalue weighted by Crippen LogP contribution is -2.58. The molecule has 1 heterocycles. The molecule has 0 spiro atoms. The number of thioether (sulfide) groups is 1. The Morgan fingerprint density at radius 2 is 1.76 bits per heavy atom. The molecule has 1 aliphatic rings. The van der Waals surface area contributed by atoms with E-state index in [1.54, 1.807) is 0 Å². The van der Waals surface area contributed by atoms with Crippen molar-refractivity contribution in [1.82, 2.24) is 0 Å². The van der Waals surface area contributed by atoms with Crippen LogP contribution in [0.5, 0.6) is 0 Å². The van der Waals surface area contributed by atoms with Gasteiger partial charge in [0.1, 0.15) is 36.5 Å². The molecule has 1 aliphatic heterocycles. The normalized spacial score (nSPS) is 24.4. The van der Waals surface area contributed by atoms with Gasteiger partial charge >= 0.3 is 0 Å². The minimum Gasteiger partial charge on any atom is -0.394 e. The Labute approximate surface area is 200 Å². The number of nitro benzene ring substituents is 1. The van der Waals surface area contributed by atoms with E-state index in [4.69, 9.17) is 9.47 Å². The number of ether oxygens (including phenoxy) is 2. The molecule has 1 fully saturated rings. The highest BCUT2D eigenvalue weighted by molar-refractivity contribution is 7.99. The summed E-state index contributed by atoms with van der Waals surface area (Å²) in [5, 5.41) is 43.9. The molecule has 0 amide bonds. The zero-order valence-corrected chi connectivity index (χ0v) is 18.8. The first kappa shape index (κ1) is 24.2. The van der Waals surface area contributed by atoms with Crippen LogP contribution in [-0.2, 0) is 9.47 Å². The van der Waals surface area contributed by atoms with Crippen molar-refractivity contribution in [3.8, 4) is 11.8 Å². The molecular formula is C25H23NO7S. The molecule has 0 saturated carbocycles. The molecule has 5 atom stereocenters. The Bertz CT molecular complexity index is 1210. The first-order valence-corrected chi connectivity index (χ1v) is 11.5. The number of aliphatic hydroxyl groups is 3. The monoisotopic (exact) mass is 481 g/mol. The van der Waals surface area contributed by atoms with Crippen molar-refractivity contribution < 1.29 is 29.7 Å². The van der Waals surface area contributed by atoms with Gasteiger partial charge in [0, 0.05) is 22.6 Å². The molecule has 4 rings (SSSR count). The van der Waals surface area contributed by atoms with E-state index in [1.165, 1.54) is 36.0 Å². The second kappa shape index (κ2) is 11.0. The van der Waals surface area contributed by atoms with Gasteiger partial charge in [0.2, 0.25) is 0 Å². The Balaban J connectivity index is 1.43. The molecule has 0 aliphatic carbocycles. The number of rotatable bonds is 6. The summed E-state index contributed by atoms with van der Waals surface area (Å²) < 4.78 is 11.4. The van der Waals surface area contributed by atoms with Gasteiger partial charge in [0.15, 0.2) is 0 Å². The molecule has 3 N–H and O–H groups in total. The van der Waals surface area contributed by atoms with Gasteiger partial charge in [-0.3, -0.25) is 10.1 Å². The molecular weight excluding hydrogens is 458 g/mol. The third-order valence-electron chi connectivity index (χ3n) is 5.45. The van der Waals surface area contributed by atoms with E-state index in [-0.39, 0.29) is 12.3 Å². The molecule has 3 aromatic rings. The van der Waals surface area contributed by atoms with Crippen LogP contribution in [0.2, 0.25) is 0 Å². The number of nitro groups is 1. The first-order valence-electron chi connectivity index (χ1n) is 10.6. The molecule has 176 valence electrons. The molecule has 34 heavy (non-hydrogen) atoms. The van der Waals surface area contributed by atoms with Crippen LogP contribution in [0.15, 0.2) is 71.6 Å². The number of benzene rings is 3. The lowest BCUT2D eigenvalue weighted by Gasteiger charge is -2.41. The van der Waals surface area contributed by atoms with E-state index < -0.39 is 41.4 Å². The summed E-state index contributed by atoms with van der Waals surface area (Å²) in [6, 6.07) is 19.6. The van der Waals surface area contributed by atoms with Crippen LogP contribution >= 0.6 is 11.8 Å². The Kier molecular flexibility index (Phi) is 7.80. The fourth-order valence-electron chi connectivity index (χ4n) is 3.66. The van der Waals surface area contributed by atoms with Crippen LogP contribution in [0.4, 0.5) is 5.69 Å². The summed E-state index contributed by atoms with van der Waals surface area (Å²) in [4.78, 5) is 11.1. The molecule has 8 nitrogen and oxygen atoms in total. The summed E-state index contributed by atoms with van der Waals surface area (Å²) in [7, 11) is 0. The van der Waals surface area contributed by atoms with Crippen LogP contribution in [0.1, 0.15) is 5.56 Å². The van der Waals surface area contributed by atoms with E-state index in [1.807, 2.05) is 42.5 Å². The van der Waals surface area contributed by atoms with Crippen molar-refractivity contribution in [2.75, 3.05) is 13.2 Å². The summed E-state index contributed by atoms with van der Waals surface area (Å²) >= 11 is 1.29. The van der Waals surface area contributed by atoms with Crippen LogP contribution in [0.3, 0.4) is 0 Å². The number of hydrogen-bond acceptors (Lipinski definition) is 8. The van der Waals surface area contributed by atoms with Crippen molar-refractivity contribution in [3.05, 3.63) is 82.4 Å². The minimum absolute atomic E-state index is 0.0275. The average molecular weight is 482 g/mol. The highest BCUT2D eigenvalue weighted by Gasteiger charge is 2.45. The van der Waals surface area contributed by atoms with E-state index in [0.29, 0.717) is 5.56 Å². The van der Waals surface area contributed by atoms with Gasteiger partial charge in [-0.15, -0.1) is 0 Å². The predicted molar refractivity (Wildman–Crippen MR) is 127 cm³/mol. The maximum atomic E-state index is 10.9. The summed E-state index contributed by atoms with van der Waals surface area (Å²) in [6.07, 6.45) is -4.35. The van der Waals surface area contributed by atoms with E-state index in [2.05, 4.69) is 11.8 Å². The van der Waals surface area contributed by atoms with Gasteiger partial charge in [-0.2, -0.15) is 0 Å². The molecule has 0 bridgehead atoms. The standard InChI is InChI=1S/C25H23NO7S/c27-15-21-22(28)24(32-13-3-4-16-7-10-19(11-8-16)26(30)31)23(29)25(33-21)34-20-12-9-17-5-1-2-6-18(17)14-20/h1-2,5-12,14,21-25,27-29H,13,15H2/t21-,22+,23-,24+,25+/m1/s1. The number of nitrogens with zero attached hydrogens (tertiary/aromatic N) is 1. The van der Waals surface area contributed by atoms with Gasteiger partial charge in [-0.05, 0) is 35.0 Å². The third-order valence-corrected chi connectivity index (χ3v) is 6.60. The summed E-state index contributed by atoms with van der Waals surface area (Å²) in [5.41, 5.74) is -0.227. The van der Waals surface area contributed by atoms with Crippen molar-refractivity contribution in [1.29, 1.82) is 0 Å². The number of non-ortho nitro benzene ring substituents is 1. The minimum atomic E-state index is -1.24. The van der Waals surface area contributed by atoms with Crippen molar-refractivity contribution in [2.24, 2.45) is 0 Å². The van der Waals surface area contributed by atoms with Gasteiger partial charge in [-0.25, -0.2) is 0 Å². The summed E-state index contributed by atoms with van der Waals surface area (Å²) in [5.74, 6) is 5.61. The number of aliphatic hydroxyl groups excluding tert-OH is 3. The second-order valence-corrected chi connectivity index (χ2v) is 8.89. The predicted octanol–water partition coefficient (Wildman–Crippen LogP) is 2.72. The van der Waals surface area contributed by atoms with Gasteiger partial charge in [-0.1, -0.05) is 53.9 Å². The molecule has 0 aromatic heterocycles. The Morgan fingerprint density at radius 3 is 2.47 bits per heavy atom. The van der Waals surface area contributed by atoms with E-state index in [9.17, 15) is 25.4 Å². The molecule has 3 aromatic carbocycles. The van der Waals surface area contributed by atoms with Gasteiger partial charge in [0.25, 0.3) is 5.69 Å². The van der Waals surface area contributed by atoms with Gasteiger partial charge < -0.3 is 24.8 Å². The zero-order chi connectivity index (χ0) is 24.1. The largest absolute Gasteiger partial charge is 0.394 e. The van der Waals surface area contributed by atoms with E-state index in [0.717, 1.165) is 15.7 Å². The SMILES string of the molecule is O=[N+]([O-])c1ccc(C#CCO[C@H]2[C@@H](O)[C@@H](CO)O[C@@H](Sc3ccc4ccccc4c3)[C@@H]2O)cc1. The smallest absolute Gasteiger partial charge is 0.269 e. The maximum absolute atomic E-state index is 10.9. The lowest BCUT2D eigenvalue weighted by molar-refractivity contribution is -0.384. The third kappa shape index (κ3) is 5.56. The van der Waals surface area contributed by atoms with Crippen molar-refractivity contribution in [3.63, 3.8) is 0 Å². The van der Waals surface area contributed by atoms with Crippen molar-refractivity contribution >= 4 is 28.2 Å². The highest BCUT2D eigenvalue weighted by Crippen LogP contribution is 2.35. The number of fused-ring (bicyclic) bond motifs is 1. The van der Waals surface area contributed by atoms with Crippen LogP contribution in [0, 0.1) is 22.0 Å². The molecule has 1 saturated heterocycles. The maximum Gasteiger partial charge on any atom is 0.269 e. The molecule has 9 heteroatoms. The number of hydrogen-bond donors (Lipinski definition) is 3. The molecule has 0 unspecified atom stereocenters. The van der Waals surface area contributed by atoms with Gasteiger partial charge in [0.05, 0.1) is 11.5 Å². The van der Waals surface area contributed by atoms with Crippen LogP contribution < -0.4 is 0 Å². The second-order valence-electron chi connectivity index (χ2n) is 7.71.